The van der Waals surface area contributed by atoms with Crippen LogP contribution in [0.15, 0.2) is 12.1 Å². The van der Waals surface area contributed by atoms with E-state index in [0.29, 0.717) is 18.0 Å². The van der Waals surface area contributed by atoms with Crippen molar-refractivity contribution in [2.24, 2.45) is 0 Å². The van der Waals surface area contributed by atoms with E-state index >= 15 is 0 Å². The highest BCUT2D eigenvalue weighted by atomic mass is 16.5. The minimum Gasteiger partial charge on any atom is -0.493 e. The molecule has 1 atom stereocenters. The fourth-order valence-corrected chi connectivity index (χ4v) is 3.30. The van der Waals surface area contributed by atoms with Crippen LogP contribution in [-0.4, -0.2) is 57.3 Å². The van der Waals surface area contributed by atoms with Crippen molar-refractivity contribution >= 4 is 11.9 Å². The van der Waals surface area contributed by atoms with Crippen LogP contribution in [-0.2, 0) is 9.53 Å². The number of nitrogens with zero attached hydrogens (tertiary/aromatic N) is 1. The molecule has 0 aromatic heterocycles. The number of likely N-dealkylation sites (tertiary alicyclic amines) is 1. The molecule has 1 aliphatic rings. The van der Waals surface area contributed by atoms with Crippen LogP contribution in [0.4, 0.5) is 0 Å². The summed E-state index contributed by atoms with van der Waals surface area (Å²) in [5, 5.41) is 0. The lowest BCUT2D eigenvalue weighted by Crippen LogP contribution is -2.45. The molecule has 2 rings (SSSR count). The van der Waals surface area contributed by atoms with E-state index in [1.807, 2.05) is 4.90 Å². The molecule has 144 valence electrons. The summed E-state index contributed by atoms with van der Waals surface area (Å²) in [6, 6.07) is 3.35. The van der Waals surface area contributed by atoms with Crippen LogP contribution in [0.2, 0.25) is 0 Å². The van der Waals surface area contributed by atoms with Crippen molar-refractivity contribution in [2.45, 2.75) is 38.6 Å². The Morgan fingerprint density at radius 3 is 2.42 bits per heavy atom. The summed E-state index contributed by atoms with van der Waals surface area (Å²) in [6.45, 7) is 2.50. The highest BCUT2D eigenvalue weighted by Crippen LogP contribution is 2.39. The van der Waals surface area contributed by atoms with Gasteiger partial charge in [-0.2, -0.15) is 0 Å². The van der Waals surface area contributed by atoms with Crippen molar-refractivity contribution in [3.8, 4) is 17.2 Å². The molecule has 0 saturated carbocycles. The van der Waals surface area contributed by atoms with E-state index in [0.717, 1.165) is 25.7 Å². The van der Waals surface area contributed by atoms with Crippen molar-refractivity contribution in [1.82, 2.24) is 4.90 Å². The fraction of sp³-hybridized carbons (Fsp3) is 0.579. The predicted octanol–water partition coefficient (Wildman–Crippen LogP) is 2.66. The maximum absolute atomic E-state index is 12.5. The first-order chi connectivity index (χ1) is 12.6. The van der Waals surface area contributed by atoms with Crippen molar-refractivity contribution < 1.29 is 28.5 Å². The quantitative estimate of drug-likeness (QED) is 0.692. The van der Waals surface area contributed by atoms with Gasteiger partial charge in [-0.05, 0) is 37.8 Å². The van der Waals surface area contributed by atoms with E-state index in [1.54, 1.807) is 6.07 Å². The number of hydrogen-bond donors (Lipinski definition) is 0. The number of carbonyl (C=O) groups excluding carboxylic acids is 2. The van der Waals surface area contributed by atoms with E-state index in [4.69, 9.17) is 18.9 Å². The minimum absolute atomic E-state index is 0.163. The van der Waals surface area contributed by atoms with Gasteiger partial charge in [0.2, 0.25) is 5.75 Å². The van der Waals surface area contributed by atoms with Gasteiger partial charge in [0, 0.05) is 12.6 Å². The first-order valence-electron chi connectivity index (χ1n) is 8.82. The predicted molar refractivity (Wildman–Crippen MR) is 96.0 cm³/mol. The SMILES string of the molecule is CCC1CCCCN1C(=O)COC(=O)c1ccc(OC)c(OC)c1OC. The number of esters is 1. The Labute approximate surface area is 154 Å². The second kappa shape index (κ2) is 9.31. The van der Waals surface area contributed by atoms with Gasteiger partial charge in [0.25, 0.3) is 5.91 Å². The summed E-state index contributed by atoms with van der Waals surface area (Å²) in [7, 11) is 4.38. The molecule has 0 aliphatic carbocycles. The molecule has 1 unspecified atom stereocenters. The van der Waals surface area contributed by atoms with Crippen LogP contribution < -0.4 is 14.2 Å². The van der Waals surface area contributed by atoms with Gasteiger partial charge < -0.3 is 23.8 Å². The molecule has 26 heavy (non-hydrogen) atoms. The third-order valence-corrected chi connectivity index (χ3v) is 4.67. The van der Waals surface area contributed by atoms with E-state index in [9.17, 15) is 9.59 Å². The number of rotatable bonds is 7. The van der Waals surface area contributed by atoms with Crippen molar-refractivity contribution in [3.63, 3.8) is 0 Å². The molecule has 1 heterocycles. The minimum atomic E-state index is -0.638. The zero-order valence-electron chi connectivity index (χ0n) is 15.9. The summed E-state index contributed by atoms with van der Waals surface area (Å²) in [5.74, 6) is 0.160. The molecule has 7 nitrogen and oxygen atoms in total. The van der Waals surface area contributed by atoms with E-state index in [1.165, 1.54) is 27.4 Å². The maximum atomic E-state index is 12.5. The van der Waals surface area contributed by atoms with Gasteiger partial charge in [0.05, 0.1) is 21.3 Å². The smallest absolute Gasteiger partial charge is 0.342 e. The van der Waals surface area contributed by atoms with Crippen LogP contribution >= 0.6 is 0 Å². The second-order valence-corrected chi connectivity index (χ2v) is 6.10. The number of carbonyl (C=O) groups is 2. The summed E-state index contributed by atoms with van der Waals surface area (Å²) in [4.78, 5) is 26.7. The topological polar surface area (TPSA) is 74.3 Å². The Balaban J connectivity index is 2.09. The third kappa shape index (κ3) is 4.20. The molecule has 0 bridgehead atoms. The highest BCUT2D eigenvalue weighted by molar-refractivity contribution is 5.95. The lowest BCUT2D eigenvalue weighted by atomic mass is 10.00. The molecule has 0 spiro atoms. The summed E-state index contributed by atoms with van der Waals surface area (Å²) in [6.07, 6.45) is 4.02. The molecule has 0 radical (unpaired) electrons. The molecule has 1 aliphatic heterocycles. The summed E-state index contributed by atoms with van der Waals surface area (Å²) < 4.78 is 21.0. The van der Waals surface area contributed by atoms with E-state index < -0.39 is 5.97 Å². The van der Waals surface area contributed by atoms with Gasteiger partial charge in [0.15, 0.2) is 18.1 Å². The second-order valence-electron chi connectivity index (χ2n) is 6.10. The molecular weight excluding hydrogens is 338 g/mol. The lowest BCUT2D eigenvalue weighted by Gasteiger charge is -2.35. The Bertz CT molecular complexity index is 645. The Morgan fingerprint density at radius 1 is 1.08 bits per heavy atom. The molecule has 0 N–H and O–H groups in total. The van der Waals surface area contributed by atoms with Crippen LogP contribution in [0.1, 0.15) is 43.0 Å². The number of piperidine rings is 1. The molecule has 1 aromatic rings. The first kappa shape index (κ1) is 19.9. The zero-order valence-corrected chi connectivity index (χ0v) is 15.9. The first-order valence-corrected chi connectivity index (χ1v) is 8.82. The zero-order chi connectivity index (χ0) is 19.1. The Morgan fingerprint density at radius 2 is 1.81 bits per heavy atom. The van der Waals surface area contributed by atoms with Gasteiger partial charge in [-0.15, -0.1) is 0 Å². The van der Waals surface area contributed by atoms with Crippen LogP contribution in [0.3, 0.4) is 0 Å². The number of ether oxygens (including phenoxy) is 4. The average Bonchev–Trinajstić information content (AvgIpc) is 2.70. The van der Waals surface area contributed by atoms with Crippen molar-refractivity contribution in [3.05, 3.63) is 17.7 Å². The van der Waals surface area contributed by atoms with Gasteiger partial charge >= 0.3 is 5.97 Å². The molecule has 1 fully saturated rings. The molecule has 1 amide bonds. The van der Waals surface area contributed by atoms with Gasteiger partial charge in [-0.3, -0.25) is 4.79 Å². The van der Waals surface area contributed by atoms with Crippen molar-refractivity contribution in [1.29, 1.82) is 0 Å². The molecule has 1 aromatic carbocycles. The monoisotopic (exact) mass is 365 g/mol. The molecule has 1 saturated heterocycles. The fourth-order valence-electron chi connectivity index (χ4n) is 3.30. The maximum Gasteiger partial charge on any atom is 0.342 e. The van der Waals surface area contributed by atoms with Crippen molar-refractivity contribution in [2.75, 3.05) is 34.5 Å². The average molecular weight is 365 g/mol. The largest absolute Gasteiger partial charge is 0.493 e. The standard InChI is InChI=1S/C19H27NO6/c1-5-13-8-6-7-11-20(13)16(21)12-26-19(22)14-9-10-15(23-2)18(25-4)17(14)24-3/h9-10,13H,5-8,11-12H2,1-4H3. The number of methoxy groups -OCH3 is 3. The summed E-state index contributed by atoms with van der Waals surface area (Å²) >= 11 is 0. The lowest BCUT2D eigenvalue weighted by molar-refractivity contribution is -0.138. The van der Waals surface area contributed by atoms with Crippen LogP contribution in [0.5, 0.6) is 17.2 Å². The summed E-state index contributed by atoms with van der Waals surface area (Å²) in [5.41, 5.74) is 0.184. The van der Waals surface area contributed by atoms with Gasteiger partial charge in [-0.1, -0.05) is 6.92 Å². The van der Waals surface area contributed by atoms with Gasteiger partial charge in [-0.25, -0.2) is 4.79 Å². The molecule has 7 heteroatoms. The highest BCUT2D eigenvalue weighted by Gasteiger charge is 2.27. The van der Waals surface area contributed by atoms with Crippen LogP contribution in [0.25, 0.3) is 0 Å². The van der Waals surface area contributed by atoms with Crippen LogP contribution in [0, 0.1) is 0 Å². The van der Waals surface area contributed by atoms with E-state index in [2.05, 4.69) is 6.92 Å². The number of benzene rings is 1. The number of amides is 1. The third-order valence-electron chi connectivity index (χ3n) is 4.67. The number of hydrogen-bond acceptors (Lipinski definition) is 6. The van der Waals surface area contributed by atoms with Gasteiger partial charge in [0.1, 0.15) is 5.56 Å². The Kier molecular flexibility index (Phi) is 7.12. The molecular formula is C19H27NO6. The van der Waals surface area contributed by atoms with E-state index in [-0.39, 0.29) is 29.9 Å². The Hall–Kier alpha value is -2.44. The normalized spacial score (nSPS) is 16.8.